The van der Waals surface area contributed by atoms with Crippen LogP contribution in [0.2, 0.25) is 0 Å². The number of piperidine rings is 1. The Kier molecular flexibility index (Phi) is 4.54. The van der Waals surface area contributed by atoms with Gasteiger partial charge in [-0.2, -0.15) is 0 Å². The van der Waals surface area contributed by atoms with E-state index in [2.05, 4.69) is 10.6 Å². The van der Waals surface area contributed by atoms with Crippen LogP contribution < -0.4 is 15.5 Å². The summed E-state index contributed by atoms with van der Waals surface area (Å²) in [5.41, 5.74) is 1.41. The Morgan fingerprint density at radius 3 is 2.60 bits per heavy atom. The van der Waals surface area contributed by atoms with Gasteiger partial charge in [0, 0.05) is 32.2 Å². The fourth-order valence-electron chi connectivity index (χ4n) is 3.11. The van der Waals surface area contributed by atoms with Crippen molar-refractivity contribution in [1.82, 2.24) is 15.5 Å². The molecule has 1 unspecified atom stereocenters. The minimum atomic E-state index is -0.935. The number of fused-ring (bicyclic) bond motifs is 1. The first-order valence-corrected chi connectivity index (χ1v) is 8.15. The van der Waals surface area contributed by atoms with Gasteiger partial charge in [0.15, 0.2) is 0 Å². The van der Waals surface area contributed by atoms with Crippen molar-refractivity contribution >= 4 is 29.3 Å². The quantitative estimate of drug-likeness (QED) is 0.715. The maximum atomic E-state index is 12.7. The average Bonchev–Trinajstić information content (AvgIpc) is 2.84. The minimum absolute atomic E-state index is 0.113. The second-order valence-electron chi connectivity index (χ2n) is 6.20. The minimum Gasteiger partial charge on any atom is -0.373 e. The third-order valence-electron chi connectivity index (χ3n) is 4.56. The molecule has 4 amide bonds. The second kappa shape index (κ2) is 6.64. The van der Waals surface area contributed by atoms with Crippen LogP contribution in [0.15, 0.2) is 18.2 Å². The lowest BCUT2D eigenvalue weighted by Crippen LogP contribution is -2.54. The topological polar surface area (TPSA) is 98.8 Å². The zero-order valence-corrected chi connectivity index (χ0v) is 14.2. The summed E-state index contributed by atoms with van der Waals surface area (Å²) < 4.78 is 0. The van der Waals surface area contributed by atoms with Crippen molar-refractivity contribution in [2.75, 3.05) is 32.1 Å². The maximum Gasteiger partial charge on any atom is 0.262 e. The summed E-state index contributed by atoms with van der Waals surface area (Å²) in [6, 6.07) is 4.15. The van der Waals surface area contributed by atoms with E-state index in [1.165, 1.54) is 0 Å². The zero-order valence-electron chi connectivity index (χ0n) is 14.2. The largest absolute Gasteiger partial charge is 0.373 e. The molecule has 8 heteroatoms. The number of amides is 4. The molecule has 0 aromatic heterocycles. The molecule has 1 fully saturated rings. The number of hydrogen-bond acceptors (Lipinski definition) is 6. The molecule has 1 atom stereocenters. The average molecular weight is 344 g/mol. The van der Waals surface area contributed by atoms with Gasteiger partial charge < -0.3 is 10.2 Å². The van der Waals surface area contributed by atoms with Gasteiger partial charge in [-0.3, -0.25) is 29.4 Å². The Morgan fingerprint density at radius 2 is 1.92 bits per heavy atom. The van der Waals surface area contributed by atoms with Crippen LogP contribution >= 0.6 is 0 Å². The predicted molar refractivity (Wildman–Crippen MR) is 90.3 cm³/mol. The summed E-state index contributed by atoms with van der Waals surface area (Å²) in [5.74, 6) is -1.96. The maximum absolute atomic E-state index is 12.7. The lowest BCUT2D eigenvalue weighted by Gasteiger charge is -2.27. The molecule has 2 aliphatic rings. The van der Waals surface area contributed by atoms with Crippen LogP contribution in [0.3, 0.4) is 0 Å². The second-order valence-corrected chi connectivity index (χ2v) is 6.20. The van der Waals surface area contributed by atoms with E-state index in [0.717, 1.165) is 23.7 Å². The van der Waals surface area contributed by atoms with E-state index < -0.39 is 23.8 Å². The molecule has 3 rings (SSSR count). The molecule has 8 nitrogen and oxygen atoms in total. The Labute approximate surface area is 145 Å². The summed E-state index contributed by atoms with van der Waals surface area (Å²) in [6.45, 7) is 1.52. The van der Waals surface area contributed by atoms with E-state index in [-0.39, 0.29) is 18.7 Å². The van der Waals surface area contributed by atoms with Crippen molar-refractivity contribution in [3.05, 3.63) is 29.3 Å². The van der Waals surface area contributed by atoms with Gasteiger partial charge in [0.25, 0.3) is 11.8 Å². The van der Waals surface area contributed by atoms with Crippen LogP contribution in [0.25, 0.3) is 0 Å². The van der Waals surface area contributed by atoms with Gasteiger partial charge >= 0.3 is 0 Å². The highest BCUT2D eigenvalue weighted by molar-refractivity contribution is 6.23. The molecular formula is C17H20N4O4. The molecule has 2 N–H and O–H groups in total. The van der Waals surface area contributed by atoms with Crippen molar-refractivity contribution in [3.8, 4) is 0 Å². The molecular weight excluding hydrogens is 324 g/mol. The number of rotatable bonds is 5. The molecule has 0 bridgehead atoms. The normalized spacial score (nSPS) is 19.9. The van der Waals surface area contributed by atoms with Crippen molar-refractivity contribution in [1.29, 1.82) is 0 Å². The molecule has 0 aliphatic carbocycles. The lowest BCUT2D eigenvalue weighted by atomic mass is 10.0. The first kappa shape index (κ1) is 17.1. The first-order chi connectivity index (χ1) is 11.9. The number of imide groups is 2. The number of anilines is 1. The number of likely N-dealkylation sites (N-methyl/N-ethyl adjacent to an activating group) is 2. The van der Waals surface area contributed by atoms with E-state index in [1.54, 1.807) is 18.2 Å². The molecule has 25 heavy (non-hydrogen) atoms. The van der Waals surface area contributed by atoms with E-state index in [9.17, 15) is 19.2 Å². The fraction of sp³-hybridized carbons (Fsp3) is 0.412. The van der Waals surface area contributed by atoms with Crippen LogP contribution in [0.5, 0.6) is 0 Å². The molecule has 132 valence electrons. The molecule has 0 radical (unpaired) electrons. The van der Waals surface area contributed by atoms with E-state index in [0.29, 0.717) is 11.1 Å². The summed E-state index contributed by atoms with van der Waals surface area (Å²) in [4.78, 5) is 51.6. The molecule has 1 saturated heterocycles. The van der Waals surface area contributed by atoms with Crippen LogP contribution in [-0.2, 0) is 9.59 Å². The molecule has 0 spiro atoms. The fourth-order valence-corrected chi connectivity index (χ4v) is 3.11. The van der Waals surface area contributed by atoms with Crippen LogP contribution in [0.1, 0.15) is 33.6 Å². The summed E-state index contributed by atoms with van der Waals surface area (Å²) in [7, 11) is 3.76. The predicted octanol–water partition coefficient (Wildman–Crippen LogP) is -0.257. The van der Waals surface area contributed by atoms with Crippen molar-refractivity contribution in [2.45, 2.75) is 18.9 Å². The van der Waals surface area contributed by atoms with Gasteiger partial charge in [0.2, 0.25) is 11.8 Å². The Balaban J connectivity index is 1.86. The van der Waals surface area contributed by atoms with Crippen LogP contribution in [-0.4, -0.2) is 61.8 Å². The third-order valence-corrected chi connectivity index (χ3v) is 4.56. The van der Waals surface area contributed by atoms with E-state index in [1.807, 2.05) is 19.0 Å². The molecule has 1 aromatic carbocycles. The van der Waals surface area contributed by atoms with E-state index >= 15 is 0 Å². The highest BCUT2D eigenvalue weighted by Gasteiger charge is 2.44. The highest BCUT2D eigenvalue weighted by Crippen LogP contribution is 2.30. The molecule has 2 heterocycles. The van der Waals surface area contributed by atoms with Crippen molar-refractivity contribution in [2.24, 2.45) is 0 Å². The first-order valence-electron chi connectivity index (χ1n) is 8.15. The monoisotopic (exact) mass is 344 g/mol. The molecule has 2 aliphatic heterocycles. The number of benzene rings is 1. The number of carbonyl (C=O) groups excluding carboxylic acids is 4. The van der Waals surface area contributed by atoms with Crippen molar-refractivity contribution < 1.29 is 19.2 Å². The van der Waals surface area contributed by atoms with Gasteiger partial charge in [-0.1, -0.05) is 0 Å². The smallest absolute Gasteiger partial charge is 0.262 e. The molecule has 0 saturated carbocycles. The standard InChI is InChI=1S/C17H20N4O4/c1-18-7-8-20(2)10-3-4-11-12(9-10)17(25)21(16(11)24)13-5-6-14(22)19-15(13)23/h3-4,9,13,18H,5-8H2,1-2H3,(H,19,22,23). The lowest BCUT2D eigenvalue weighted by molar-refractivity contribution is -0.136. The van der Waals surface area contributed by atoms with Gasteiger partial charge in [0.05, 0.1) is 11.1 Å². The Morgan fingerprint density at radius 1 is 1.20 bits per heavy atom. The zero-order chi connectivity index (χ0) is 18.1. The number of nitrogens with zero attached hydrogens (tertiary/aromatic N) is 2. The summed E-state index contributed by atoms with van der Waals surface area (Å²) in [5, 5.41) is 5.24. The van der Waals surface area contributed by atoms with Gasteiger partial charge in [-0.05, 0) is 31.7 Å². The van der Waals surface area contributed by atoms with Gasteiger partial charge in [-0.15, -0.1) is 0 Å². The van der Waals surface area contributed by atoms with Crippen LogP contribution in [0, 0.1) is 0 Å². The number of nitrogens with one attached hydrogen (secondary N) is 2. The summed E-state index contributed by atoms with van der Waals surface area (Å²) in [6.07, 6.45) is 0.271. The van der Waals surface area contributed by atoms with Gasteiger partial charge in [-0.25, -0.2) is 0 Å². The van der Waals surface area contributed by atoms with Crippen molar-refractivity contribution in [3.63, 3.8) is 0 Å². The van der Waals surface area contributed by atoms with Crippen LogP contribution in [0.4, 0.5) is 5.69 Å². The van der Waals surface area contributed by atoms with E-state index in [4.69, 9.17) is 0 Å². The van der Waals surface area contributed by atoms with Gasteiger partial charge in [0.1, 0.15) is 6.04 Å². The Bertz CT molecular complexity index is 761. The number of carbonyl (C=O) groups is 4. The third kappa shape index (κ3) is 3.00. The SMILES string of the molecule is CNCCN(C)c1ccc2c(c1)C(=O)N(C1CCC(=O)NC1=O)C2=O. The Hall–Kier alpha value is -2.74. The highest BCUT2D eigenvalue weighted by atomic mass is 16.2. The summed E-state index contributed by atoms with van der Waals surface area (Å²) >= 11 is 0. The molecule has 1 aromatic rings. The number of hydrogen-bond donors (Lipinski definition) is 2.